The van der Waals surface area contributed by atoms with Gasteiger partial charge in [0.05, 0.1) is 11.2 Å². The van der Waals surface area contributed by atoms with Crippen molar-refractivity contribution in [2.45, 2.75) is 64.5 Å². The van der Waals surface area contributed by atoms with Crippen molar-refractivity contribution in [3.63, 3.8) is 0 Å². The molecule has 3 N–H and O–H groups in total. The second-order valence-electron chi connectivity index (χ2n) is 5.98. The topological polar surface area (TPSA) is 72.9 Å². The molecule has 1 aromatic rings. The van der Waals surface area contributed by atoms with Crippen LogP contribution in [0.3, 0.4) is 0 Å². The van der Waals surface area contributed by atoms with Crippen molar-refractivity contribution in [3.8, 4) is 0 Å². The van der Waals surface area contributed by atoms with Crippen LogP contribution in [0.25, 0.3) is 0 Å². The third-order valence-corrected chi connectivity index (χ3v) is 4.13. The molecule has 1 aliphatic carbocycles. The first-order chi connectivity index (χ1) is 9.51. The Balaban J connectivity index is 0.00000220. The maximum Gasteiger partial charge on any atom is 0.240 e. The van der Waals surface area contributed by atoms with E-state index in [-0.39, 0.29) is 18.3 Å². The van der Waals surface area contributed by atoms with E-state index >= 15 is 0 Å². The van der Waals surface area contributed by atoms with Crippen LogP contribution in [0.1, 0.15) is 49.9 Å². The Morgan fingerprint density at radius 3 is 2.62 bits per heavy atom. The van der Waals surface area contributed by atoms with Gasteiger partial charge in [-0.3, -0.25) is 9.48 Å². The minimum atomic E-state index is -0.629. The molecule has 0 saturated heterocycles. The summed E-state index contributed by atoms with van der Waals surface area (Å²) in [7, 11) is 0. The van der Waals surface area contributed by atoms with Gasteiger partial charge in [0, 0.05) is 18.8 Å². The lowest BCUT2D eigenvalue weighted by Crippen LogP contribution is -2.55. The van der Waals surface area contributed by atoms with Crippen molar-refractivity contribution >= 4 is 18.3 Å². The summed E-state index contributed by atoms with van der Waals surface area (Å²) in [6, 6.07) is 2.06. The fourth-order valence-electron chi connectivity index (χ4n) is 2.92. The lowest BCUT2D eigenvalue weighted by atomic mass is 9.82. The van der Waals surface area contributed by atoms with Crippen LogP contribution in [0, 0.1) is 13.8 Å². The monoisotopic (exact) mass is 314 g/mol. The van der Waals surface area contributed by atoms with Gasteiger partial charge < -0.3 is 11.1 Å². The number of aryl methyl sites for hydroxylation is 3. The van der Waals surface area contributed by atoms with Crippen LogP contribution < -0.4 is 11.1 Å². The van der Waals surface area contributed by atoms with Crippen LogP contribution in [0.15, 0.2) is 6.07 Å². The number of amides is 1. The zero-order chi connectivity index (χ0) is 14.6. The summed E-state index contributed by atoms with van der Waals surface area (Å²) in [6.07, 6.45) is 5.84. The van der Waals surface area contributed by atoms with Crippen molar-refractivity contribution in [1.82, 2.24) is 15.1 Å². The molecular weight excluding hydrogens is 288 g/mol. The number of hydrogen-bond donors (Lipinski definition) is 2. The molecule has 1 aromatic heterocycles. The molecule has 1 saturated carbocycles. The third-order valence-electron chi connectivity index (χ3n) is 4.13. The van der Waals surface area contributed by atoms with Crippen molar-refractivity contribution in [2.75, 3.05) is 6.54 Å². The van der Waals surface area contributed by atoms with Crippen LogP contribution in [0.2, 0.25) is 0 Å². The van der Waals surface area contributed by atoms with Gasteiger partial charge in [-0.15, -0.1) is 12.4 Å². The van der Waals surface area contributed by atoms with Crippen LogP contribution in [0.5, 0.6) is 0 Å². The molecule has 0 bridgehead atoms. The molecule has 0 aliphatic heterocycles. The Bertz CT molecular complexity index is 466. The number of hydrogen-bond acceptors (Lipinski definition) is 3. The van der Waals surface area contributed by atoms with Crippen molar-refractivity contribution in [2.24, 2.45) is 5.73 Å². The van der Waals surface area contributed by atoms with Crippen LogP contribution >= 0.6 is 12.4 Å². The van der Waals surface area contributed by atoms with E-state index in [2.05, 4.69) is 23.4 Å². The lowest BCUT2D eigenvalue weighted by molar-refractivity contribution is -0.127. The van der Waals surface area contributed by atoms with Gasteiger partial charge in [-0.2, -0.15) is 5.10 Å². The molecular formula is C15H27ClN4O. The fraction of sp³-hybridized carbons (Fsp3) is 0.733. The number of nitrogens with two attached hydrogens (primary N) is 1. The van der Waals surface area contributed by atoms with E-state index in [4.69, 9.17) is 5.73 Å². The molecule has 21 heavy (non-hydrogen) atoms. The maximum absolute atomic E-state index is 12.1. The summed E-state index contributed by atoms with van der Waals surface area (Å²) in [5, 5.41) is 7.39. The third kappa shape index (κ3) is 4.71. The molecule has 0 unspecified atom stereocenters. The first-order valence-corrected chi connectivity index (χ1v) is 7.59. The van der Waals surface area contributed by atoms with Gasteiger partial charge in [-0.05, 0) is 39.2 Å². The Morgan fingerprint density at radius 1 is 1.38 bits per heavy atom. The number of nitrogens with one attached hydrogen (secondary N) is 1. The summed E-state index contributed by atoms with van der Waals surface area (Å²) in [5.41, 5.74) is 7.77. The van der Waals surface area contributed by atoms with Crippen molar-refractivity contribution < 1.29 is 4.79 Å². The minimum Gasteiger partial charge on any atom is -0.354 e. The van der Waals surface area contributed by atoms with E-state index in [0.717, 1.165) is 50.0 Å². The summed E-state index contributed by atoms with van der Waals surface area (Å²) in [4.78, 5) is 12.1. The van der Waals surface area contributed by atoms with E-state index in [1.54, 1.807) is 0 Å². The molecule has 0 spiro atoms. The Labute approximate surface area is 133 Å². The molecule has 1 aliphatic rings. The first-order valence-electron chi connectivity index (χ1n) is 7.59. The van der Waals surface area contributed by atoms with Gasteiger partial charge in [-0.1, -0.05) is 19.3 Å². The van der Waals surface area contributed by atoms with E-state index in [0.29, 0.717) is 6.54 Å². The molecule has 0 radical (unpaired) electrons. The predicted molar refractivity (Wildman–Crippen MR) is 86.6 cm³/mol. The highest BCUT2D eigenvalue weighted by molar-refractivity contribution is 5.86. The average Bonchev–Trinajstić information content (AvgIpc) is 2.73. The SMILES string of the molecule is Cc1cc(C)n(CCCNC(=O)C2(N)CCCCC2)n1.Cl. The molecule has 1 amide bonds. The Kier molecular flexibility index (Phi) is 6.68. The molecule has 120 valence electrons. The van der Waals surface area contributed by atoms with Crippen molar-refractivity contribution in [1.29, 1.82) is 0 Å². The normalized spacial score (nSPS) is 17.1. The zero-order valence-electron chi connectivity index (χ0n) is 13.0. The molecule has 5 nitrogen and oxygen atoms in total. The molecule has 6 heteroatoms. The van der Waals surface area contributed by atoms with Gasteiger partial charge in [0.1, 0.15) is 0 Å². The summed E-state index contributed by atoms with van der Waals surface area (Å²) in [5.74, 6) is 0.0190. The minimum absolute atomic E-state index is 0. The van der Waals surface area contributed by atoms with E-state index in [1.165, 1.54) is 6.42 Å². The molecule has 1 heterocycles. The summed E-state index contributed by atoms with van der Waals surface area (Å²) in [6.45, 7) is 5.54. The van der Waals surface area contributed by atoms with Crippen molar-refractivity contribution in [3.05, 3.63) is 17.5 Å². The molecule has 1 fully saturated rings. The number of nitrogens with zero attached hydrogens (tertiary/aromatic N) is 2. The number of rotatable bonds is 5. The van der Waals surface area contributed by atoms with Gasteiger partial charge >= 0.3 is 0 Å². The van der Waals surface area contributed by atoms with Gasteiger partial charge in [0.2, 0.25) is 5.91 Å². The quantitative estimate of drug-likeness (QED) is 0.817. The number of carbonyl (C=O) groups excluding carboxylic acids is 1. The maximum atomic E-state index is 12.1. The highest BCUT2D eigenvalue weighted by atomic mass is 35.5. The van der Waals surface area contributed by atoms with E-state index < -0.39 is 5.54 Å². The van der Waals surface area contributed by atoms with Crippen LogP contribution in [-0.4, -0.2) is 27.8 Å². The highest BCUT2D eigenvalue weighted by Crippen LogP contribution is 2.25. The number of aromatic nitrogens is 2. The summed E-state index contributed by atoms with van der Waals surface area (Å²) >= 11 is 0. The smallest absolute Gasteiger partial charge is 0.240 e. The standard InChI is InChI=1S/C15H26N4O.ClH/c1-12-11-13(2)19(18-12)10-6-9-17-14(20)15(16)7-4-3-5-8-15;/h11H,3-10,16H2,1-2H3,(H,17,20);1H. The van der Waals surface area contributed by atoms with Gasteiger partial charge in [0.15, 0.2) is 0 Å². The van der Waals surface area contributed by atoms with E-state index in [1.807, 2.05) is 11.6 Å². The van der Waals surface area contributed by atoms with Gasteiger partial charge in [0.25, 0.3) is 0 Å². The second kappa shape index (κ2) is 7.80. The summed E-state index contributed by atoms with van der Waals surface area (Å²) < 4.78 is 1.99. The molecule has 0 atom stereocenters. The molecule has 0 aromatic carbocycles. The Morgan fingerprint density at radius 2 is 2.05 bits per heavy atom. The average molecular weight is 315 g/mol. The highest BCUT2D eigenvalue weighted by Gasteiger charge is 2.34. The first kappa shape index (κ1) is 18.0. The second-order valence-corrected chi connectivity index (χ2v) is 5.98. The van der Waals surface area contributed by atoms with Gasteiger partial charge in [-0.25, -0.2) is 0 Å². The van der Waals surface area contributed by atoms with Crippen LogP contribution in [-0.2, 0) is 11.3 Å². The Hall–Kier alpha value is -1.07. The predicted octanol–water partition coefficient (Wildman–Crippen LogP) is 2.09. The van der Waals surface area contributed by atoms with Crippen LogP contribution in [0.4, 0.5) is 0 Å². The fourth-order valence-corrected chi connectivity index (χ4v) is 2.92. The lowest BCUT2D eigenvalue weighted by Gasteiger charge is -2.31. The molecule has 2 rings (SSSR count). The zero-order valence-corrected chi connectivity index (χ0v) is 13.8. The largest absolute Gasteiger partial charge is 0.354 e. The van der Waals surface area contributed by atoms with E-state index in [9.17, 15) is 4.79 Å². The number of halogens is 1. The number of carbonyl (C=O) groups is 1.